The molecule has 186 valence electrons. The number of nitrogens with zero attached hydrogens (tertiary/aromatic N) is 1. The molecule has 3 rings (SSSR count). The van der Waals surface area contributed by atoms with E-state index in [1.54, 1.807) is 56.8 Å². The van der Waals surface area contributed by atoms with Gasteiger partial charge in [0, 0.05) is 0 Å². The van der Waals surface area contributed by atoms with Gasteiger partial charge in [0.25, 0.3) is 11.8 Å². The first kappa shape index (κ1) is 26.4. The lowest BCUT2D eigenvalue weighted by atomic mass is 10.1. The molecule has 11 heteroatoms. The molecule has 1 aromatic rings. The average Bonchev–Trinajstić information content (AvgIpc) is 3.33. The van der Waals surface area contributed by atoms with Crippen LogP contribution >= 0.6 is 23.5 Å². The van der Waals surface area contributed by atoms with Gasteiger partial charge in [-0.3, -0.25) is 19.3 Å². The number of nitrogens with one attached hydrogen (secondary N) is 1. The topological polar surface area (TPSA) is 122 Å². The van der Waals surface area contributed by atoms with Crippen molar-refractivity contribution in [1.82, 2.24) is 10.2 Å². The van der Waals surface area contributed by atoms with Crippen LogP contribution in [0.3, 0.4) is 0 Å². The van der Waals surface area contributed by atoms with Crippen LogP contribution in [0.5, 0.6) is 5.75 Å². The Labute approximate surface area is 207 Å². The van der Waals surface area contributed by atoms with Crippen LogP contribution < -0.4 is 10.1 Å². The van der Waals surface area contributed by atoms with Crippen molar-refractivity contribution >= 4 is 47.1 Å². The third kappa shape index (κ3) is 6.89. The number of hydrogen-bond acceptors (Lipinski definition) is 9. The maximum absolute atomic E-state index is 12.8. The first-order valence-electron chi connectivity index (χ1n) is 11.0. The largest absolute Gasteiger partial charge is 0.484 e. The second-order valence-electron chi connectivity index (χ2n) is 8.97. The van der Waals surface area contributed by atoms with Gasteiger partial charge >= 0.3 is 5.97 Å². The number of aliphatic hydroxyl groups excluding tert-OH is 1. The molecule has 0 radical (unpaired) electrons. The van der Waals surface area contributed by atoms with Crippen molar-refractivity contribution in [3.63, 3.8) is 0 Å². The van der Waals surface area contributed by atoms with Crippen LogP contribution in [-0.4, -0.2) is 80.2 Å². The van der Waals surface area contributed by atoms with Crippen molar-refractivity contribution in [2.45, 2.75) is 62.1 Å². The third-order valence-corrected chi connectivity index (χ3v) is 7.79. The lowest BCUT2D eigenvalue weighted by Gasteiger charge is -2.48. The van der Waals surface area contributed by atoms with Crippen molar-refractivity contribution in [2.24, 2.45) is 0 Å². The maximum Gasteiger partial charge on any atom is 0.357 e. The van der Waals surface area contributed by atoms with Crippen molar-refractivity contribution in [3.05, 3.63) is 30.3 Å². The second-order valence-corrected chi connectivity index (χ2v) is 11.4. The van der Waals surface area contributed by atoms with Crippen molar-refractivity contribution < 1.29 is 33.8 Å². The summed E-state index contributed by atoms with van der Waals surface area (Å²) in [7, 11) is 0. The first-order valence-corrected chi connectivity index (χ1v) is 13.1. The molecule has 2 aliphatic heterocycles. The Morgan fingerprint density at radius 3 is 2.59 bits per heavy atom. The molecule has 0 aromatic heterocycles. The molecule has 2 N–H and O–H groups in total. The number of rotatable bonds is 10. The summed E-state index contributed by atoms with van der Waals surface area (Å²) in [6, 6.07) is 7.75. The number of thioether (sulfide) groups is 2. The number of carbonyl (C=O) groups excluding carboxylic acids is 4. The number of ketones is 1. The van der Waals surface area contributed by atoms with Crippen LogP contribution in [-0.2, 0) is 23.9 Å². The minimum absolute atomic E-state index is 0.0380. The molecule has 1 aromatic carbocycles. The number of ether oxygens (including phenoxy) is 2. The van der Waals surface area contributed by atoms with Gasteiger partial charge in [-0.15, -0.1) is 11.8 Å². The number of hydrogen-bond donors (Lipinski definition) is 2. The van der Waals surface area contributed by atoms with Gasteiger partial charge in [0.1, 0.15) is 22.8 Å². The van der Waals surface area contributed by atoms with Gasteiger partial charge in [-0.2, -0.15) is 11.8 Å². The Bertz CT molecular complexity index is 900. The molecular formula is C23H30N2O7S2. The zero-order valence-corrected chi connectivity index (χ0v) is 21.0. The summed E-state index contributed by atoms with van der Waals surface area (Å²) >= 11 is 2.73. The van der Waals surface area contributed by atoms with Crippen LogP contribution in [0, 0.1) is 0 Å². The molecule has 0 spiro atoms. The molecule has 2 aliphatic rings. The van der Waals surface area contributed by atoms with E-state index in [1.807, 2.05) is 6.07 Å². The highest BCUT2D eigenvalue weighted by molar-refractivity contribution is 8.02. The van der Waals surface area contributed by atoms with Gasteiger partial charge in [0.05, 0.1) is 11.0 Å². The fourth-order valence-corrected chi connectivity index (χ4v) is 6.12. The minimum atomic E-state index is -1.84. The lowest BCUT2D eigenvalue weighted by Crippen LogP contribution is -2.73. The SMILES string of the molecule is CC(C)(C)OC(=O)C(O)N1C(=O)[C@@H](NC(=O)COc2ccccc2)[C@H]1SCC(=O)C1CCCS1. The highest BCUT2D eigenvalue weighted by Crippen LogP contribution is 2.34. The number of benzene rings is 1. The van der Waals surface area contributed by atoms with E-state index in [1.165, 1.54) is 0 Å². The van der Waals surface area contributed by atoms with Gasteiger partial charge in [0.2, 0.25) is 6.23 Å². The first-order chi connectivity index (χ1) is 16.1. The monoisotopic (exact) mass is 510 g/mol. The Hall–Kier alpha value is -2.24. The number of β-lactam (4-membered cyclic amide) rings is 1. The van der Waals surface area contributed by atoms with Crippen molar-refractivity contribution in [2.75, 3.05) is 18.1 Å². The standard InChI is InChI=1S/C23H30N2O7S2/c1-23(2,3)32-22(30)20(29)25-19(28)18(21(25)34-13-15(26)16-10-7-11-33-16)24-17(27)12-31-14-8-5-4-6-9-14/h4-6,8-9,16,18,20-21,29H,7,10-13H2,1-3H3,(H,24,27)/t16?,18-,20?,21-/m1/s1. The van der Waals surface area contributed by atoms with Gasteiger partial charge in [-0.1, -0.05) is 18.2 Å². The molecule has 0 bridgehead atoms. The molecule has 9 nitrogen and oxygen atoms in total. The van der Waals surface area contributed by atoms with E-state index < -0.39 is 41.0 Å². The van der Waals surface area contributed by atoms with Gasteiger partial charge in [0.15, 0.2) is 12.4 Å². The number of likely N-dealkylation sites (tertiary alicyclic amines) is 1. The number of esters is 1. The third-order valence-electron chi connectivity index (χ3n) is 5.08. The second kappa shape index (κ2) is 11.5. The summed E-state index contributed by atoms with van der Waals surface area (Å²) in [4.78, 5) is 51.1. The lowest BCUT2D eigenvalue weighted by molar-refractivity contribution is -0.189. The fourth-order valence-electron chi connectivity index (χ4n) is 3.50. The molecule has 0 saturated carbocycles. The van der Waals surface area contributed by atoms with E-state index in [4.69, 9.17) is 9.47 Å². The number of para-hydroxylation sites is 1. The predicted molar refractivity (Wildman–Crippen MR) is 129 cm³/mol. The zero-order valence-electron chi connectivity index (χ0n) is 19.4. The average molecular weight is 511 g/mol. The van der Waals surface area contributed by atoms with Crippen molar-refractivity contribution in [1.29, 1.82) is 0 Å². The molecule has 4 atom stereocenters. The molecule has 2 heterocycles. The molecule has 0 aliphatic carbocycles. The Morgan fingerprint density at radius 2 is 1.97 bits per heavy atom. The van der Waals surface area contributed by atoms with E-state index >= 15 is 0 Å². The van der Waals surface area contributed by atoms with Gasteiger partial charge in [-0.05, 0) is 51.5 Å². The fraction of sp³-hybridized carbons (Fsp3) is 0.565. The molecular weight excluding hydrogens is 480 g/mol. The minimum Gasteiger partial charge on any atom is -0.484 e. The molecule has 34 heavy (non-hydrogen) atoms. The number of aliphatic hydroxyl groups is 1. The molecule has 2 saturated heterocycles. The summed E-state index contributed by atoms with van der Waals surface area (Å²) in [5.74, 6) is -0.557. The van der Waals surface area contributed by atoms with E-state index in [0.29, 0.717) is 5.75 Å². The number of amides is 2. The van der Waals surface area contributed by atoms with Gasteiger partial charge in [-0.25, -0.2) is 4.79 Å². The Morgan fingerprint density at radius 1 is 1.26 bits per heavy atom. The summed E-state index contributed by atoms with van der Waals surface area (Å²) in [6.07, 6.45) is -0.0412. The van der Waals surface area contributed by atoms with Crippen molar-refractivity contribution in [3.8, 4) is 5.75 Å². The summed E-state index contributed by atoms with van der Waals surface area (Å²) in [6.45, 7) is 4.64. The molecule has 2 amide bonds. The zero-order chi connectivity index (χ0) is 24.9. The van der Waals surface area contributed by atoms with Crippen LogP contribution in [0.4, 0.5) is 0 Å². The number of Topliss-reactive ketones (excluding diaryl/α,β-unsaturated/α-hetero) is 1. The highest BCUT2D eigenvalue weighted by atomic mass is 32.2. The normalized spacial score (nSPS) is 23.1. The van der Waals surface area contributed by atoms with E-state index in [0.717, 1.165) is 35.3 Å². The van der Waals surface area contributed by atoms with E-state index in [9.17, 15) is 24.3 Å². The van der Waals surface area contributed by atoms with Crippen LogP contribution in [0.25, 0.3) is 0 Å². The predicted octanol–water partition coefficient (Wildman–Crippen LogP) is 1.58. The van der Waals surface area contributed by atoms with Gasteiger partial charge < -0.3 is 19.9 Å². The van der Waals surface area contributed by atoms with E-state index in [-0.39, 0.29) is 23.4 Å². The highest BCUT2D eigenvalue weighted by Gasteiger charge is 2.54. The van der Waals surface area contributed by atoms with E-state index in [2.05, 4.69) is 5.32 Å². The van der Waals surface area contributed by atoms with Crippen LogP contribution in [0.1, 0.15) is 33.6 Å². The maximum atomic E-state index is 12.8. The number of carbonyl (C=O) groups is 4. The molecule has 2 fully saturated rings. The van der Waals surface area contributed by atoms with Crippen LogP contribution in [0.15, 0.2) is 30.3 Å². The van der Waals surface area contributed by atoms with Crippen LogP contribution in [0.2, 0.25) is 0 Å². The molecule has 2 unspecified atom stereocenters. The Balaban J connectivity index is 1.64. The summed E-state index contributed by atoms with van der Waals surface area (Å²) < 4.78 is 10.6. The summed E-state index contributed by atoms with van der Waals surface area (Å²) in [5, 5.41) is 12.2. The smallest absolute Gasteiger partial charge is 0.357 e. The summed E-state index contributed by atoms with van der Waals surface area (Å²) in [5.41, 5.74) is -0.854. The quantitative estimate of drug-likeness (QED) is 0.357. The Kier molecular flexibility index (Phi) is 8.89.